The number of nitrogen functional groups attached to an aromatic ring is 1. The molecule has 4 nitrogen and oxygen atoms in total. The third kappa shape index (κ3) is 2.86. The Bertz CT molecular complexity index is 525. The molecular formula is C8H5F3N4S2. The van der Waals surface area contributed by atoms with Gasteiger partial charge in [0.15, 0.2) is 4.34 Å². The molecule has 0 saturated heterocycles. The Morgan fingerprint density at radius 2 is 2.06 bits per heavy atom. The van der Waals surface area contributed by atoms with Crippen LogP contribution < -0.4 is 5.73 Å². The van der Waals surface area contributed by atoms with Gasteiger partial charge in [-0.15, -0.1) is 10.2 Å². The van der Waals surface area contributed by atoms with Crippen molar-refractivity contribution in [1.29, 1.82) is 0 Å². The molecule has 2 rings (SSSR count). The fourth-order valence-corrected chi connectivity index (χ4v) is 2.57. The fraction of sp³-hybridized carbons (Fsp3) is 0.125. The molecule has 2 aromatic heterocycles. The van der Waals surface area contributed by atoms with Crippen molar-refractivity contribution in [3.63, 3.8) is 0 Å². The third-order valence-electron chi connectivity index (χ3n) is 1.63. The lowest BCUT2D eigenvalue weighted by Crippen LogP contribution is -2.03. The first-order valence-electron chi connectivity index (χ1n) is 4.26. The zero-order valence-electron chi connectivity index (χ0n) is 8.10. The lowest BCUT2D eigenvalue weighted by molar-refractivity contribution is -0.138. The van der Waals surface area contributed by atoms with E-state index in [9.17, 15) is 13.2 Å². The SMILES string of the molecule is Nc1cccnc1Sc1nnc(C(F)(F)F)s1. The number of hydrogen-bond donors (Lipinski definition) is 1. The van der Waals surface area contributed by atoms with Crippen molar-refractivity contribution in [3.8, 4) is 0 Å². The van der Waals surface area contributed by atoms with E-state index in [1.54, 1.807) is 12.1 Å². The molecule has 2 N–H and O–H groups in total. The van der Waals surface area contributed by atoms with Gasteiger partial charge in [-0.1, -0.05) is 11.3 Å². The van der Waals surface area contributed by atoms with Gasteiger partial charge in [0.1, 0.15) is 5.03 Å². The van der Waals surface area contributed by atoms with Crippen molar-refractivity contribution in [3.05, 3.63) is 23.3 Å². The van der Waals surface area contributed by atoms with Gasteiger partial charge in [-0.3, -0.25) is 0 Å². The van der Waals surface area contributed by atoms with Crippen LogP contribution in [0.15, 0.2) is 27.7 Å². The zero-order valence-corrected chi connectivity index (χ0v) is 9.73. The molecule has 90 valence electrons. The molecule has 17 heavy (non-hydrogen) atoms. The number of pyridine rings is 1. The molecule has 0 saturated carbocycles. The van der Waals surface area contributed by atoms with Crippen molar-refractivity contribution in [2.75, 3.05) is 5.73 Å². The van der Waals surface area contributed by atoms with Crippen molar-refractivity contribution < 1.29 is 13.2 Å². The molecule has 2 heterocycles. The summed E-state index contributed by atoms with van der Waals surface area (Å²) < 4.78 is 37.0. The first-order valence-corrected chi connectivity index (χ1v) is 5.89. The van der Waals surface area contributed by atoms with Gasteiger partial charge in [-0.2, -0.15) is 13.2 Å². The van der Waals surface area contributed by atoms with Crippen molar-refractivity contribution in [1.82, 2.24) is 15.2 Å². The van der Waals surface area contributed by atoms with Gasteiger partial charge < -0.3 is 5.73 Å². The maximum atomic E-state index is 12.3. The maximum Gasteiger partial charge on any atom is 0.445 e. The average Bonchev–Trinajstić information content (AvgIpc) is 2.69. The number of nitrogens with two attached hydrogens (primary N) is 1. The quantitative estimate of drug-likeness (QED) is 0.915. The molecule has 0 aliphatic carbocycles. The average molecular weight is 278 g/mol. The molecule has 2 aromatic rings. The van der Waals surface area contributed by atoms with Crippen LogP contribution in [0, 0.1) is 0 Å². The Morgan fingerprint density at radius 1 is 1.29 bits per heavy atom. The minimum atomic E-state index is -4.47. The van der Waals surface area contributed by atoms with Crippen LogP contribution >= 0.6 is 23.1 Å². The fourth-order valence-electron chi connectivity index (χ4n) is 0.937. The molecule has 0 atom stereocenters. The summed E-state index contributed by atoms with van der Waals surface area (Å²) in [7, 11) is 0. The van der Waals surface area contributed by atoms with E-state index >= 15 is 0 Å². The Balaban J connectivity index is 2.21. The number of hydrogen-bond acceptors (Lipinski definition) is 6. The van der Waals surface area contributed by atoms with E-state index in [4.69, 9.17) is 5.73 Å². The zero-order chi connectivity index (χ0) is 12.5. The van der Waals surface area contributed by atoms with Gasteiger partial charge in [0.2, 0.25) is 5.01 Å². The van der Waals surface area contributed by atoms with Gasteiger partial charge in [0, 0.05) is 6.20 Å². The van der Waals surface area contributed by atoms with E-state index in [2.05, 4.69) is 15.2 Å². The molecule has 0 aromatic carbocycles. The highest BCUT2D eigenvalue weighted by Gasteiger charge is 2.35. The number of aromatic nitrogens is 3. The first-order chi connectivity index (χ1) is 7.97. The van der Waals surface area contributed by atoms with Gasteiger partial charge in [0.05, 0.1) is 5.69 Å². The predicted molar refractivity (Wildman–Crippen MR) is 57.7 cm³/mol. The molecule has 0 spiro atoms. The van der Waals surface area contributed by atoms with Crippen molar-refractivity contribution in [2.45, 2.75) is 15.5 Å². The normalized spacial score (nSPS) is 11.7. The van der Waals surface area contributed by atoms with E-state index in [0.29, 0.717) is 22.1 Å². The van der Waals surface area contributed by atoms with Gasteiger partial charge in [0.25, 0.3) is 0 Å². The first kappa shape index (κ1) is 12.1. The lowest BCUT2D eigenvalue weighted by Gasteiger charge is -1.99. The molecule has 0 aliphatic heterocycles. The Kier molecular flexibility index (Phi) is 3.20. The lowest BCUT2D eigenvalue weighted by atomic mass is 10.4. The van der Waals surface area contributed by atoms with Crippen LogP contribution in [-0.2, 0) is 6.18 Å². The summed E-state index contributed by atoms with van der Waals surface area (Å²) in [5.41, 5.74) is 6.00. The molecule has 0 radical (unpaired) electrons. The molecule has 9 heteroatoms. The maximum absolute atomic E-state index is 12.3. The molecule has 0 unspecified atom stereocenters. The van der Waals surface area contributed by atoms with Crippen molar-refractivity contribution >= 4 is 28.8 Å². The van der Waals surface area contributed by atoms with Gasteiger partial charge in [-0.25, -0.2) is 4.98 Å². The second-order valence-electron chi connectivity index (χ2n) is 2.87. The van der Waals surface area contributed by atoms with Gasteiger partial charge >= 0.3 is 6.18 Å². The van der Waals surface area contributed by atoms with Crippen LogP contribution in [-0.4, -0.2) is 15.2 Å². The van der Waals surface area contributed by atoms with E-state index < -0.39 is 11.2 Å². The van der Waals surface area contributed by atoms with E-state index in [-0.39, 0.29) is 4.34 Å². The minimum absolute atomic E-state index is 0.155. The molecule has 0 bridgehead atoms. The van der Waals surface area contributed by atoms with Crippen LogP contribution in [0.3, 0.4) is 0 Å². The largest absolute Gasteiger partial charge is 0.445 e. The Labute approximate surface area is 102 Å². The summed E-state index contributed by atoms with van der Waals surface area (Å²) >= 11 is 1.42. The number of anilines is 1. The Morgan fingerprint density at radius 3 is 2.65 bits per heavy atom. The summed E-state index contributed by atoms with van der Waals surface area (Å²) in [6, 6.07) is 3.25. The molecule has 0 aliphatic rings. The number of rotatable bonds is 2. The Hall–Kier alpha value is -1.35. The van der Waals surface area contributed by atoms with Crippen LogP contribution in [0.5, 0.6) is 0 Å². The van der Waals surface area contributed by atoms with Crippen LogP contribution in [0.2, 0.25) is 0 Å². The van der Waals surface area contributed by atoms with Crippen LogP contribution in [0.25, 0.3) is 0 Å². The highest BCUT2D eigenvalue weighted by atomic mass is 32.2. The number of nitrogens with zero attached hydrogens (tertiary/aromatic N) is 3. The standard InChI is InChI=1S/C8H5F3N4S2/c9-8(10,11)6-14-15-7(17-6)16-5-4(12)2-1-3-13-5/h1-3H,12H2. The molecule has 0 fully saturated rings. The molecule has 0 amide bonds. The highest BCUT2D eigenvalue weighted by molar-refractivity contribution is 8.01. The van der Waals surface area contributed by atoms with Crippen LogP contribution in [0.1, 0.15) is 5.01 Å². The van der Waals surface area contributed by atoms with E-state index in [1.807, 2.05) is 0 Å². The van der Waals surface area contributed by atoms with Crippen molar-refractivity contribution in [2.24, 2.45) is 0 Å². The highest BCUT2D eigenvalue weighted by Crippen LogP contribution is 2.37. The predicted octanol–water partition coefficient (Wildman–Crippen LogP) is 2.69. The van der Waals surface area contributed by atoms with Gasteiger partial charge in [-0.05, 0) is 23.9 Å². The monoisotopic (exact) mass is 278 g/mol. The summed E-state index contributed by atoms with van der Waals surface area (Å²) in [6.07, 6.45) is -2.96. The van der Waals surface area contributed by atoms with E-state index in [0.717, 1.165) is 11.8 Å². The topological polar surface area (TPSA) is 64.7 Å². The summed E-state index contributed by atoms with van der Waals surface area (Å²) in [5, 5.41) is 5.94. The third-order valence-corrected chi connectivity index (χ3v) is 3.69. The summed E-state index contributed by atoms with van der Waals surface area (Å²) in [6.45, 7) is 0. The minimum Gasteiger partial charge on any atom is -0.397 e. The number of alkyl halides is 3. The molecular weight excluding hydrogens is 273 g/mol. The second kappa shape index (κ2) is 4.49. The smallest absolute Gasteiger partial charge is 0.397 e. The summed E-state index contributed by atoms with van der Waals surface area (Å²) in [5.74, 6) is 0. The van der Waals surface area contributed by atoms with Crippen LogP contribution in [0.4, 0.5) is 18.9 Å². The second-order valence-corrected chi connectivity index (χ2v) is 5.08. The number of halogens is 3. The summed E-state index contributed by atoms with van der Waals surface area (Å²) in [4.78, 5) is 3.94. The van der Waals surface area contributed by atoms with E-state index in [1.165, 1.54) is 6.20 Å².